The Labute approximate surface area is 150 Å². The van der Waals surface area contributed by atoms with Gasteiger partial charge in [0.2, 0.25) is 5.91 Å². The quantitative estimate of drug-likeness (QED) is 0.908. The van der Waals surface area contributed by atoms with Gasteiger partial charge < -0.3 is 14.9 Å². The molecule has 1 unspecified atom stereocenters. The Balaban J connectivity index is 1.77. The number of anilines is 1. The summed E-state index contributed by atoms with van der Waals surface area (Å²) in [6, 6.07) is 11.5. The number of likely N-dealkylation sites (N-methyl/N-ethyl adjacent to an activating group) is 1. The first-order valence-corrected chi connectivity index (χ1v) is 8.32. The van der Waals surface area contributed by atoms with E-state index in [0.29, 0.717) is 13.0 Å². The van der Waals surface area contributed by atoms with Crippen molar-refractivity contribution in [2.75, 3.05) is 18.5 Å². The van der Waals surface area contributed by atoms with Gasteiger partial charge in [-0.25, -0.2) is 9.78 Å². The first kappa shape index (κ1) is 17.6. The van der Waals surface area contributed by atoms with Gasteiger partial charge >= 0.3 is 5.97 Å². The minimum Gasteiger partial charge on any atom is -0.477 e. The van der Waals surface area contributed by atoms with Crippen molar-refractivity contribution < 1.29 is 19.5 Å². The molecule has 1 aromatic carbocycles. The fourth-order valence-electron chi connectivity index (χ4n) is 3.07. The predicted octanol–water partition coefficient (Wildman–Crippen LogP) is 2.05. The van der Waals surface area contributed by atoms with Gasteiger partial charge in [0.05, 0.1) is 5.56 Å². The zero-order valence-electron chi connectivity index (χ0n) is 14.3. The van der Waals surface area contributed by atoms with E-state index in [4.69, 9.17) is 5.11 Å². The van der Waals surface area contributed by atoms with Crippen molar-refractivity contribution in [2.24, 2.45) is 0 Å². The Morgan fingerprint density at radius 2 is 1.92 bits per heavy atom. The first-order chi connectivity index (χ1) is 12.5. The molecule has 1 atom stereocenters. The predicted molar refractivity (Wildman–Crippen MR) is 95.1 cm³/mol. The Hall–Kier alpha value is -3.22. The van der Waals surface area contributed by atoms with Crippen LogP contribution in [-0.4, -0.2) is 52.4 Å². The fourth-order valence-corrected chi connectivity index (χ4v) is 3.07. The fraction of sp³-hybridized carbons (Fsp3) is 0.263. The third kappa shape index (κ3) is 3.42. The lowest BCUT2D eigenvalue weighted by Gasteiger charge is -2.36. The molecule has 0 bridgehead atoms. The molecule has 1 N–H and O–H groups in total. The number of rotatable bonds is 4. The first-order valence-electron chi connectivity index (χ1n) is 8.32. The summed E-state index contributed by atoms with van der Waals surface area (Å²) in [6.45, 7) is 0.621. The number of benzene rings is 1. The second-order valence-electron chi connectivity index (χ2n) is 6.14. The highest BCUT2D eigenvalue weighted by Crippen LogP contribution is 2.24. The van der Waals surface area contributed by atoms with Crippen LogP contribution in [-0.2, 0) is 4.79 Å². The lowest BCUT2D eigenvalue weighted by atomic mass is 10.0. The highest BCUT2D eigenvalue weighted by molar-refractivity contribution is 6.02. The van der Waals surface area contributed by atoms with Gasteiger partial charge in [0, 0.05) is 25.5 Å². The maximum Gasteiger partial charge on any atom is 0.354 e. The average molecular weight is 353 g/mol. The van der Waals surface area contributed by atoms with Crippen LogP contribution in [0.15, 0.2) is 48.7 Å². The maximum absolute atomic E-state index is 12.9. The summed E-state index contributed by atoms with van der Waals surface area (Å²) in [5, 5.41) is 8.89. The van der Waals surface area contributed by atoms with E-state index < -0.39 is 12.0 Å². The smallest absolute Gasteiger partial charge is 0.354 e. The number of piperidine rings is 1. The van der Waals surface area contributed by atoms with Crippen LogP contribution in [0.5, 0.6) is 0 Å². The minimum atomic E-state index is -1.15. The number of carbonyl (C=O) groups excluding carboxylic acids is 2. The van der Waals surface area contributed by atoms with Crippen LogP contribution in [0.2, 0.25) is 0 Å². The highest BCUT2D eigenvalue weighted by atomic mass is 16.4. The third-order valence-corrected chi connectivity index (χ3v) is 4.50. The summed E-state index contributed by atoms with van der Waals surface area (Å²) in [5.41, 5.74) is 0.936. The summed E-state index contributed by atoms with van der Waals surface area (Å²) in [4.78, 5) is 43.3. The average Bonchev–Trinajstić information content (AvgIpc) is 2.68. The van der Waals surface area contributed by atoms with Crippen molar-refractivity contribution in [3.63, 3.8) is 0 Å². The molecule has 1 fully saturated rings. The van der Waals surface area contributed by atoms with Gasteiger partial charge in [0.1, 0.15) is 11.7 Å². The molecule has 0 radical (unpaired) electrons. The number of nitrogens with zero attached hydrogens (tertiary/aromatic N) is 3. The van der Waals surface area contributed by atoms with Gasteiger partial charge in [-0.15, -0.1) is 0 Å². The number of carboxylic acids is 1. The van der Waals surface area contributed by atoms with Gasteiger partial charge in [-0.3, -0.25) is 9.59 Å². The van der Waals surface area contributed by atoms with E-state index >= 15 is 0 Å². The third-order valence-electron chi connectivity index (χ3n) is 4.50. The van der Waals surface area contributed by atoms with Crippen molar-refractivity contribution in [1.82, 2.24) is 9.88 Å². The number of aromatic carboxylic acids is 1. The van der Waals surface area contributed by atoms with Crippen LogP contribution in [0, 0.1) is 0 Å². The van der Waals surface area contributed by atoms with E-state index in [9.17, 15) is 14.4 Å². The van der Waals surface area contributed by atoms with Crippen LogP contribution in [0.4, 0.5) is 5.69 Å². The van der Waals surface area contributed by atoms with E-state index in [-0.39, 0.29) is 23.1 Å². The maximum atomic E-state index is 12.9. The van der Waals surface area contributed by atoms with E-state index in [1.54, 1.807) is 11.9 Å². The van der Waals surface area contributed by atoms with Crippen LogP contribution in [0.25, 0.3) is 0 Å². The molecular weight excluding hydrogens is 334 g/mol. The molecule has 1 aliphatic heterocycles. The van der Waals surface area contributed by atoms with E-state index in [2.05, 4.69) is 4.98 Å². The molecule has 2 heterocycles. The molecule has 1 aromatic heterocycles. The number of hydrogen-bond donors (Lipinski definition) is 1. The number of amides is 2. The number of carboxylic acid groups (broad SMARTS) is 1. The summed E-state index contributed by atoms with van der Waals surface area (Å²) in [7, 11) is 1.59. The lowest BCUT2D eigenvalue weighted by Crippen LogP contribution is -2.53. The van der Waals surface area contributed by atoms with Crippen LogP contribution in [0.3, 0.4) is 0 Å². The monoisotopic (exact) mass is 353 g/mol. The molecule has 0 spiro atoms. The van der Waals surface area contributed by atoms with Gasteiger partial charge in [0.25, 0.3) is 5.91 Å². The van der Waals surface area contributed by atoms with Crippen molar-refractivity contribution in [1.29, 1.82) is 0 Å². The van der Waals surface area contributed by atoms with Gasteiger partial charge in [-0.05, 0) is 37.1 Å². The number of aromatic nitrogens is 1. The summed E-state index contributed by atoms with van der Waals surface area (Å²) < 4.78 is 0. The molecule has 2 amide bonds. The topological polar surface area (TPSA) is 90.8 Å². The van der Waals surface area contributed by atoms with Gasteiger partial charge in [-0.2, -0.15) is 0 Å². The number of para-hydroxylation sites is 1. The van der Waals surface area contributed by atoms with Crippen molar-refractivity contribution in [2.45, 2.75) is 18.9 Å². The zero-order valence-corrected chi connectivity index (χ0v) is 14.3. The normalized spacial score (nSPS) is 17.0. The second kappa shape index (κ2) is 7.35. The molecule has 1 saturated heterocycles. The SMILES string of the molecule is CN(C(=O)c1ccc(C(=O)O)nc1)C1CCCN(c2ccccc2)C1=O. The molecule has 0 saturated carbocycles. The number of pyridine rings is 1. The second-order valence-corrected chi connectivity index (χ2v) is 6.14. The van der Waals surface area contributed by atoms with Gasteiger partial charge in [-0.1, -0.05) is 18.2 Å². The molecule has 134 valence electrons. The molecule has 2 aromatic rings. The highest BCUT2D eigenvalue weighted by Gasteiger charge is 2.34. The van der Waals surface area contributed by atoms with Crippen LogP contribution in [0.1, 0.15) is 33.7 Å². The van der Waals surface area contributed by atoms with Crippen molar-refractivity contribution in [3.8, 4) is 0 Å². The minimum absolute atomic E-state index is 0.117. The molecule has 3 rings (SSSR count). The van der Waals surface area contributed by atoms with Crippen LogP contribution >= 0.6 is 0 Å². The molecule has 1 aliphatic rings. The Morgan fingerprint density at radius 3 is 2.54 bits per heavy atom. The summed E-state index contributed by atoms with van der Waals surface area (Å²) in [6.07, 6.45) is 2.61. The number of hydrogen-bond acceptors (Lipinski definition) is 4. The lowest BCUT2D eigenvalue weighted by molar-refractivity contribution is -0.124. The molecule has 7 heteroatoms. The van der Waals surface area contributed by atoms with Crippen molar-refractivity contribution >= 4 is 23.5 Å². The van der Waals surface area contributed by atoms with E-state index in [1.807, 2.05) is 30.3 Å². The summed E-state index contributed by atoms with van der Waals surface area (Å²) in [5.74, 6) is -1.63. The zero-order chi connectivity index (χ0) is 18.7. The standard InChI is InChI=1S/C19H19N3O4/c1-21(17(23)13-9-10-15(19(25)26)20-12-13)16-8-5-11-22(18(16)24)14-6-3-2-4-7-14/h2-4,6-7,9-10,12,16H,5,8,11H2,1H3,(H,25,26). The van der Waals surface area contributed by atoms with Crippen LogP contribution < -0.4 is 4.90 Å². The molecular formula is C19H19N3O4. The van der Waals surface area contributed by atoms with Crippen molar-refractivity contribution in [3.05, 3.63) is 59.9 Å². The largest absolute Gasteiger partial charge is 0.477 e. The Kier molecular flexibility index (Phi) is 4.97. The van der Waals surface area contributed by atoms with E-state index in [1.165, 1.54) is 23.2 Å². The number of carbonyl (C=O) groups is 3. The summed E-state index contributed by atoms with van der Waals surface area (Å²) >= 11 is 0. The molecule has 0 aliphatic carbocycles. The molecule has 7 nitrogen and oxygen atoms in total. The Bertz CT molecular complexity index is 820. The van der Waals surface area contributed by atoms with Gasteiger partial charge in [0.15, 0.2) is 0 Å². The van der Waals surface area contributed by atoms with E-state index in [0.717, 1.165) is 12.1 Å². The Morgan fingerprint density at radius 1 is 1.19 bits per heavy atom. The molecule has 26 heavy (non-hydrogen) atoms.